The summed E-state index contributed by atoms with van der Waals surface area (Å²) in [5.41, 5.74) is 0. The number of rotatable bonds is 5. The molecule has 0 spiro atoms. The highest BCUT2D eigenvalue weighted by Crippen LogP contribution is 2.18. The van der Waals surface area contributed by atoms with E-state index in [0.717, 1.165) is 31.8 Å². The van der Waals surface area contributed by atoms with E-state index in [1.54, 1.807) is 12.1 Å². The van der Waals surface area contributed by atoms with E-state index >= 15 is 0 Å². The van der Waals surface area contributed by atoms with Gasteiger partial charge in [0.05, 0.1) is 19.3 Å². The topological polar surface area (TPSA) is 60.7 Å². The first-order chi connectivity index (χ1) is 9.20. The third kappa shape index (κ3) is 3.81. The van der Waals surface area contributed by atoms with Gasteiger partial charge in [0, 0.05) is 13.2 Å². The van der Waals surface area contributed by atoms with Gasteiger partial charge in [-0.3, -0.25) is 0 Å². The molecule has 1 saturated heterocycles. The number of nitrogens with one attached hydrogen (secondary N) is 1. The molecule has 2 unspecified atom stereocenters. The molecule has 1 fully saturated rings. The van der Waals surface area contributed by atoms with E-state index in [1.165, 1.54) is 13.5 Å². The molecule has 1 aromatic heterocycles. The molecule has 1 aromatic rings. The number of ether oxygens (including phenoxy) is 2. The van der Waals surface area contributed by atoms with Gasteiger partial charge in [0.1, 0.15) is 5.76 Å². The molecular weight excluding hydrogens is 246 g/mol. The van der Waals surface area contributed by atoms with E-state index in [9.17, 15) is 4.79 Å². The largest absolute Gasteiger partial charge is 0.463 e. The number of hydrogen-bond acceptors (Lipinski definition) is 5. The molecular formula is C14H21NO4. The fourth-order valence-corrected chi connectivity index (χ4v) is 2.17. The molecule has 0 aromatic carbocycles. The Labute approximate surface area is 113 Å². The number of esters is 1. The Bertz CT molecular complexity index is 409. The lowest BCUT2D eigenvalue weighted by atomic mass is 10.1. The Morgan fingerprint density at radius 1 is 1.53 bits per heavy atom. The number of carbonyl (C=O) groups is 1. The monoisotopic (exact) mass is 267 g/mol. The first kappa shape index (κ1) is 14.1. The maximum Gasteiger partial charge on any atom is 0.373 e. The minimum Gasteiger partial charge on any atom is -0.463 e. The van der Waals surface area contributed by atoms with Crippen molar-refractivity contribution in [1.29, 1.82) is 0 Å². The molecule has 5 heteroatoms. The van der Waals surface area contributed by atoms with Crippen molar-refractivity contribution in [2.24, 2.45) is 0 Å². The standard InChI is InChI=1S/C14H21NO4/c1-10(15-9-11-5-3-4-8-18-11)12-6-7-13(19-12)14(16)17-2/h6-7,10-11,15H,3-5,8-9H2,1-2H3. The van der Waals surface area contributed by atoms with Crippen LogP contribution in [0.15, 0.2) is 16.5 Å². The number of methoxy groups -OCH3 is 1. The van der Waals surface area contributed by atoms with Gasteiger partial charge in [-0.15, -0.1) is 0 Å². The van der Waals surface area contributed by atoms with E-state index in [-0.39, 0.29) is 17.9 Å². The van der Waals surface area contributed by atoms with E-state index in [0.29, 0.717) is 0 Å². The number of furan rings is 1. The average molecular weight is 267 g/mol. The summed E-state index contributed by atoms with van der Waals surface area (Å²) >= 11 is 0. The second-order valence-corrected chi connectivity index (χ2v) is 4.81. The quantitative estimate of drug-likeness (QED) is 0.829. The minimum absolute atomic E-state index is 0.0453. The minimum atomic E-state index is -0.450. The summed E-state index contributed by atoms with van der Waals surface area (Å²) in [6.45, 7) is 3.66. The molecule has 0 radical (unpaired) electrons. The molecule has 5 nitrogen and oxygen atoms in total. The Balaban J connectivity index is 1.83. The third-order valence-corrected chi connectivity index (χ3v) is 3.37. The summed E-state index contributed by atoms with van der Waals surface area (Å²) in [6, 6.07) is 3.48. The highest BCUT2D eigenvalue weighted by Gasteiger charge is 2.18. The van der Waals surface area contributed by atoms with Crippen molar-refractivity contribution >= 4 is 5.97 Å². The zero-order chi connectivity index (χ0) is 13.7. The van der Waals surface area contributed by atoms with Gasteiger partial charge in [-0.05, 0) is 38.3 Å². The van der Waals surface area contributed by atoms with Gasteiger partial charge in [0.2, 0.25) is 5.76 Å². The van der Waals surface area contributed by atoms with E-state index in [4.69, 9.17) is 9.15 Å². The molecule has 0 bridgehead atoms. The van der Waals surface area contributed by atoms with Crippen molar-refractivity contribution in [3.05, 3.63) is 23.7 Å². The molecule has 2 heterocycles. The van der Waals surface area contributed by atoms with Crippen molar-refractivity contribution in [2.45, 2.75) is 38.3 Å². The Kier molecular flexibility index (Phi) is 4.99. The molecule has 1 aliphatic heterocycles. The summed E-state index contributed by atoms with van der Waals surface area (Å²) < 4.78 is 15.7. The number of carbonyl (C=O) groups excluding carboxylic acids is 1. The van der Waals surface area contributed by atoms with Crippen LogP contribution in [0.1, 0.15) is 48.5 Å². The molecule has 1 N–H and O–H groups in total. The molecule has 1 aliphatic rings. The first-order valence-electron chi connectivity index (χ1n) is 6.73. The molecule has 0 amide bonds. The van der Waals surface area contributed by atoms with Crippen LogP contribution < -0.4 is 5.32 Å². The molecule has 2 atom stereocenters. The van der Waals surface area contributed by atoms with Gasteiger partial charge < -0.3 is 19.2 Å². The normalized spacial score (nSPS) is 21.1. The van der Waals surface area contributed by atoms with Crippen LogP contribution in [-0.2, 0) is 9.47 Å². The lowest BCUT2D eigenvalue weighted by Gasteiger charge is -2.24. The van der Waals surface area contributed by atoms with Crippen LogP contribution in [0.3, 0.4) is 0 Å². The lowest BCUT2D eigenvalue weighted by molar-refractivity contribution is 0.0152. The summed E-state index contributed by atoms with van der Waals surface area (Å²) in [4.78, 5) is 11.3. The van der Waals surface area contributed by atoms with E-state index in [2.05, 4.69) is 10.1 Å². The summed E-state index contributed by atoms with van der Waals surface area (Å²) in [5.74, 6) is 0.519. The van der Waals surface area contributed by atoms with Crippen LogP contribution in [0.4, 0.5) is 0 Å². The van der Waals surface area contributed by atoms with Crippen LogP contribution in [0, 0.1) is 0 Å². The smallest absolute Gasteiger partial charge is 0.373 e. The van der Waals surface area contributed by atoms with Gasteiger partial charge in [-0.25, -0.2) is 4.79 Å². The Hall–Kier alpha value is -1.33. The van der Waals surface area contributed by atoms with Crippen molar-refractivity contribution in [3.8, 4) is 0 Å². The van der Waals surface area contributed by atoms with Crippen LogP contribution in [0.25, 0.3) is 0 Å². The fourth-order valence-electron chi connectivity index (χ4n) is 2.17. The maximum atomic E-state index is 11.3. The van der Waals surface area contributed by atoms with Crippen molar-refractivity contribution in [3.63, 3.8) is 0 Å². The maximum absolute atomic E-state index is 11.3. The molecule has 106 valence electrons. The zero-order valence-corrected chi connectivity index (χ0v) is 11.5. The van der Waals surface area contributed by atoms with Gasteiger partial charge in [0.25, 0.3) is 0 Å². The van der Waals surface area contributed by atoms with Crippen molar-refractivity contribution in [2.75, 3.05) is 20.3 Å². The van der Waals surface area contributed by atoms with E-state index in [1.807, 2.05) is 6.92 Å². The van der Waals surface area contributed by atoms with Gasteiger partial charge in [-0.1, -0.05) is 0 Å². The van der Waals surface area contributed by atoms with Gasteiger partial charge in [0.15, 0.2) is 0 Å². The second-order valence-electron chi connectivity index (χ2n) is 4.81. The predicted molar refractivity (Wildman–Crippen MR) is 70.1 cm³/mol. The summed E-state index contributed by atoms with van der Waals surface area (Å²) in [7, 11) is 1.34. The highest BCUT2D eigenvalue weighted by molar-refractivity contribution is 5.86. The van der Waals surface area contributed by atoms with Crippen LogP contribution >= 0.6 is 0 Å². The predicted octanol–water partition coefficient (Wildman–Crippen LogP) is 2.29. The highest BCUT2D eigenvalue weighted by atomic mass is 16.5. The fraction of sp³-hybridized carbons (Fsp3) is 0.643. The molecule has 19 heavy (non-hydrogen) atoms. The molecule has 0 aliphatic carbocycles. The van der Waals surface area contributed by atoms with Crippen molar-refractivity contribution in [1.82, 2.24) is 5.32 Å². The molecule has 2 rings (SSSR count). The zero-order valence-electron chi connectivity index (χ0n) is 11.5. The SMILES string of the molecule is COC(=O)c1ccc(C(C)NCC2CCCCO2)o1. The lowest BCUT2D eigenvalue weighted by Crippen LogP contribution is -2.33. The second kappa shape index (κ2) is 6.73. The summed E-state index contributed by atoms with van der Waals surface area (Å²) in [5, 5.41) is 3.37. The third-order valence-electron chi connectivity index (χ3n) is 3.37. The van der Waals surface area contributed by atoms with Crippen LogP contribution in [-0.4, -0.2) is 32.3 Å². The number of hydrogen-bond donors (Lipinski definition) is 1. The van der Waals surface area contributed by atoms with Crippen LogP contribution in [0.2, 0.25) is 0 Å². The Morgan fingerprint density at radius 3 is 3.05 bits per heavy atom. The average Bonchev–Trinajstić information content (AvgIpc) is 2.95. The van der Waals surface area contributed by atoms with Gasteiger partial charge >= 0.3 is 5.97 Å². The van der Waals surface area contributed by atoms with Crippen molar-refractivity contribution < 1.29 is 18.7 Å². The first-order valence-corrected chi connectivity index (χ1v) is 6.73. The summed E-state index contributed by atoms with van der Waals surface area (Å²) in [6.07, 6.45) is 3.78. The van der Waals surface area contributed by atoms with E-state index < -0.39 is 5.97 Å². The van der Waals surface area contributed by atoms with Crippen LogP contribution in [0.5, 0.6) is 0 Å². The molecule has 0 saturated carbocycles. The van der Waals surface area contributed by atoms with Gasteiger partial charge in [-0.2, -0.15) is 0 Å². The Morgan fingerprint density at radius 2 is 2.37 bits per heavy atom.